The van der Waals surface area contributed by atoms with Crippen LogP contribution in [0.4, 0.5) is 0 Å². The summed E-state index contributed by atoms with van der Waals surface area (Å²) in [6, 6.07) is 8.36. The third kappa shape index (κ3) is 2.34. The molecule has 0 aliphatic carbocycles. The van der Waals surface area contributed by atoms with Gasteiger partial charge in [-0.25, -0.2) is 0 Å². The van der Waals surface area contributed by atoms with Gasteiger partial charge in [0.25, 0.3) is 0 Å². The van der Waals surface area contributed by atoms with Crippen molar-refractivity contribution < 1.29 is 21.7 Å². The van der Waals surface area contributed by atoms with Crippen LogP contribution in [-0.2, 0) is 21.7 Å². The third-order valence-electron chi connectivity index (χ3n) is 1.43. The SMILES string of the molecule is Cc1ccccc1C.[Ti]. The fraction of sp³-hybridized carbons (Fsp3) is 0.250. The molecule has 1 rings (SSSR count). The maximum Gasteiger partial charge on any atom is 0 e. The predicted octanol–water partition coefficient (Wildman–Crippen LogP) is 2.30. The molecule has 9 heavy (non-hydrogen) atoms. The van der Waals surface area contributed by atoms with Crippen molar-refractivity contribution in [1.82, 2.24) is 0 Å². The minimum atomic E-state index is 0. The third-order valence-corrected chi connectivity index (χ3v) is 1.43. The molecule has 0 radical (unpaired) electrons. The van der Waals surface area contributed by atoms with Gasteiger partial charge in [-0.3, -0.25) is 0 Å². The first-order valence-corrected chi connectivity index (χ1v) is 2.83. The zero-order valence-corrected chi connectivity index (χ0v) is 7.37. The number of benzene rings is 1. The van der Waals surface area contributed by atoms with Crippen LogP contribution in [0, 0.1) is 13.8 Å². The predicted molar refractivity (Wildman–Crippen MR) is 35.9 cm³/mol. The molecule has 46 valence electrons. The Hall–Kier alpha value is -0.0657. The summed E-state index contributed by atoms with van der Waals surface area (Å²) in [6.45, 7) is 4.24. The standard InChI is InChI=1S/C8H10.Ti/c1-7-5-3-4-6-8(7)2;/h3-6H,1-2H3;. The molecule has 0 fully saturated rings. The summed E-state index contributed by atoms with van der Waals surface area (Å²) in [5.41, 5.74) is 2.74. The van der Waals surface area contributed by atoms with E-state index in [-0.39, 0.29) is 21.7 Å². The van der Waals surface area contributed by atoms with Gasteiger partial charge in [0, 0.05) is 21.7 Å². The zero-order valence-electron chi connectivity index (χ0n) is 5.81. The van der Waals surface area contributed by atoms with E-state index in [1.807, 2.05) is 0 Å². The summed E-state index contributed by atoms with van der Waals surface area (Å²) in [7, 11) is 0. The van der Waals surface area contributed by atoms with Crippen LogP contribution in [0.25, 0.3) is 0 Å². The molecule has 0 aliphatic rings. The van der Waals surface area contributed by atoms with E-state index in [1.165, 1.54) is 11.1 Å². The van der Waals surface area contributed by atoms with E-state index in [9.17, 15) is 0 Å². The van der Waals surface area contributed by atoms with E-state index in [2.05, 4.69) is 38.1 Å². The number of rotatable bonds is 0. The van der Waals surface area contributed by atoms with Crippen molar-refractivity contribution in [1.29, 1.82) is 0 Å². The second-order valence-electron chi connectivity index (χ2n) is 2.08. The molecule has 0 spiro atoms. The molecule has 0 atom stereocenters. The second-order valence-corrected chi connectivity index (χ2v) is 2.08. The van der Waals surface area contributed by atoms with Gasteiger partial charge in [-0.15, -0.1) is 0 Å². The van der Waals surface area contributed by atoms with Crippen LogP contribution in [-0.4, -0.2) is 0 Å². The van der Waals surface area contributed by atoms with Crippen molar-refractivity contribution in [3.63, 3.8) is 0 Å². The molecule has 1 aromatic rings. The Balaban J connectivity index is 0.000000640. The maximum absolute atomic E-state index is 2.12. The molecule has 0 nitrogen and oxygen atoms in total. The van der Waals surface area contributed by atoms with Crippen molar-refractivity contribution in [2.24, 2.45) is 0 Å². The van der Waals surface area contributed by atoms with E-state index >= 15 is 0 Å². The van der Waals surface area contributed by atoms with Gasteiger partial charge < -0.3 is 0 Å². The van der Waals surface area contributed by atoms with E-state index in [0.717, 1.165) is 0 Å². The van der Waals surface area contributed by atoms with Crippen molar-refractivity contribution in [3.05, 3.63) is 35.4 Å². The van der Waals surface area contributed by atoms with Crippen LogP contribution < -0.4 is 0 Å². The van der Waals surface area contributed by atoms with Crippen molar-refractivity contribution in [3.8, 4) is 0 Å². The monoisotopic (exact) mass is 154 g/mol. The van der Waals surface area contributed by atoms with Gasteiger partial charge in [0.05, 0.1) is 0 Å². The number of hydrogen-bond donors (Lipinski definition) is 0. The first-order valence-electron chi connectivity index (χ1n) is 2.83. The number of hydrogen-bond acceptors (Lipinski definition) is 0. The van der Waals surface area contributed by atoms with Crippen molar-refractivity contribution >= 4 is 0 Å². The molecule has 0 aromatic heterocycles. The van der Waals surface area contributed by atoms with Crippen LogP contribution >= 0.6 is 0 Å². The first kappa shape index (κ1) is 8.93. The van der Waals surface area contributed by atoms with E-state index in [0.29, 0.717) is 0 Å². The molecule has 0 amide bonds. The fourth-order valence-electron chi connectivity index (χ4n) is 0.663. The van der Waals surface area contributed by atoms with E-state index in [1.54, 1.807) is 0 Å². The van der Waals surface area contributed by atoms with E-state index < -0.39 is 0 Å². The molecule has 0 aliphatic heterocycles. The average Bonchev–Trinajstić information content (AvgIpc) is 1.77. The molecule has 0 bridgehead atoms. The van der Waals surface area contributed by atoms with Gasteiger partial charge in [-0.05, 0) is 25.0 Å². The van der Waals surface area contributed by atoms with Crippen LogP contribution in [0.5, 0.6) is 0 Å². The molecule has 1 aromatic carbocycles. The van der Waals surface area contributed by atoms with Gasteiger partial charge in [0.15, 0.2) is 0 Å². The van der Waals surface area contributed by atoms with Crippen molar-refractivity contribution in [2.45, 2.75) is 13.8 Å². The molecular formula is C8H10Ti. The summed E-state index contributed by atoms with van der Waals surface area (Å²) in [4.78, 5) is 0. The van der Waals surface area contributed by atoms with Gasteiger partial charge in [0.2, 0.25) is 0 Å². The van der Waals surface area contributed by atoms with Crippen LogP contribution in [0.15, 0.2) is 24.3 Å². The van der Waals surface area contributed by atoms with Crippen LogP contribution in [0.3, 0.4) is 0 Å². The van der Waals surface area contributed by atoms with Gasteiger partial charge in [0.1, 0.15) is 0 Å². The Morgan fingerprint density at radius 2 is 1.22 bits per heavy atom. The quantitative estimate of drug-likeness (QED) is 0.503. The Morgan fingerprint density at radius 3 is 1.44 bits per heavy atom. The zero-order chi connectivity index (χ0) is 5.98. The summed E-state index contributed by atoms with van der Waals surface area (Å²) in [5, 5.41) is 0. The Morgan fingerprint density at radius 1 is 0.889 bits per heavy atom. The number of aryl methyl sites for hydroxylation is 2. The van der Waals surface area contributed by atoms with Crippen molar-refractivity contribution in [2.75, 3.05) is 0 Å². The minimum Gasteiger partial charge on any atom is -0.0620 e. The van der Waals surface area contributed by atoms with Gasteiger partial charge in [-0.2, -0.15) is 0 Å². The fourth-order valence-corrected chi connectivity index (χ4v) is 0.663. The normalized spacial score (nSPS) is 8.22. The van der Waals surface area contributed by atoms with Gasteiger partial charge in [-0.1, -0.05) is 24.3 Å². The molecule has 0 saturated heterocycles. The smallest absolute Gasteiger partial charge is 0 e. The summed E-state index contributed by atoms with van der Waals surface area (Å²) < 4.78 is 0. The first-order chi connectivity index (χ1) is 3.80. The van der Waals surface area contributed by atoms with E-state index in [4.69, 9.17) is 0 Å². The summed E-state index contributed by atoms with van der Waals surface area (Å²) >= 11 is 0. The largest absolute Gasteiger partial charge is 0.0620 e. The molecule has 0 unspecified atom stereocenters. The second kappa shape index (κ2) is 3.87. The summed E-state index contributed by atoms with van der Waals surface area (Å²) in [5.74, 6) is 0. The molecular weight excluding hydrogens is 144 g/mol. The Labute approximate surface area is 71.2 Å². The molecule has 1 heteroatoms. The molecule has 0 heterocycles. The van der Waals surface area contributed by atoms with Gasteiger partial charge >= 0.3 is 0 Å². The Bertz CT molecular complexity index is 161. The average molecular weight is 154 g/mol. The maximum atomic E-state index is 2.12. The summed E-state index contributed by atoms with van der Waals surface area (Å²) in [6.07, 6.45) is 0. The topological polar surface area (TPSA) is 0 Å². The minimum absolute atomic E-state index is 0. The van der Waals surface area contributed by atoms with Crippen LogP contribution in [0.1, 0.15) is 11.1 Å². The molecule has 0 N–H and O–H groups in total. The van der Waals surface area contributed by atoms with Crippen LogP contribution in [0.2, 0.25) is 0 Å². The Kier molecular flexibility index (Phi) is 3.84. The molecule has 0 saturated carbocycles.